The van der Waals surface area contributed by atoms with Gasteiger partial charge in [-0.2, -0.15) is 0 Å². The molecule has 25 heavy (non-hydrogen) atoms. The summed E-state index contributed by atoms with van der Waals surface area (Å²) in [4.78, 5) is 48.1. The van der Waals surface area contributed by atoms with Gasteiger partial charge in [-0.25, -0.2) is 9.59 Å². The lowest BCUT2D eigenvalue weighted by Crippen LogP contribution is -2.24. The van der Waals surface area contributed by atoms with E-state index in [-0.39, 0.29) is 23.3 Å². The maximum absolute atomic E-state index is 11.9. The van der Waals surface area contributed by atoms with Crippen LogP contribution in [0.2, 0.25) is 0 Å². The molecule has 9 heteroatoms. The number of carboxylic acids is 2. The van der Waals surface area contributed by atoms with Crippen molar-refractivity contribution in [3.63, 3.8) is 0 Å². The van der Waals surface area contributed by atoms with E-state index >= 15 is 0 Å². The number of aromatic carboxylic acids is 2. The largest absolute Gasteiger partial charge is 0.478 e. The van der Waals surface area contributed by atoms with Crippen LogP contribution in [0, 0.1) is 0 Å². The SMILES string of the molecule is CCC(=O)Oc1ccc(-c2c(C(=O)O)c(N)[nH]c(=O)c2C(=O)O)cc1. The number of carbonyl (C=O) groups excluding carboxylic acids is 1. The molecular weight excluding hydrogens is 332 g/mol. The van der Waals surface area contributed by atoms with Gasteiger partial charge in [-0.05, 0) is 17.7 Å². The number of rotatable bonds is 5. The van der Waals surface area contributed by atoms with Gasteiger partial charge in [0.05, 0.1) is 0 Å². The Morgan fingerprint density at radius 2 is 1.64 bits per heavy atom. The zero-order valence-corrected chi connectivity index (χ0v) is 13.0. The topological polar surface area (TPSA) is 160 Å². The van der Waals surface area contributed by atoms with E-state index in [1.807, 2.05) is 4.98 Å². The van der Waals surface area contributed by atoms with Crippen molar-refractivity contribution in [2.45, 2.75) is 13.3 Å². The van der Waals surface area contributed by atoms with Crippen LogP contribution < -0.4 is 16.0 Å². The van der Waals surface area contributed by atoms with Crippen LogP contribution in [-0.4, -0.2) is 33.1 Å². The average molecular weight is 346 g/mol. The van der Waals surface area contributed by atoms with Crippen LogP contribution in [0.15, 0.2) is 29.1 Å². The highest BCUT2D eigenvalue weighted by Crippen LogP contribution is 2.30. The third-order valence-corrected chi connectivity index (χ3v) is 3.34. The fourth-order valence-corrected chi connectivity index (χ4v) is 2.23. The second-order valence-corrected chi connectivity index (χ2v) is 4.96. The molecule has 0 aliphatic heterocycles. The highest BCUT2D eigenvalue weighted by atomic mass is 16.5. The Kier molecular flexibility index (Phi) is 4.87. The molecule has 0 amide bonds. The van der Waals surface area contributed by atoms with Crippen LogP contribution >= 0.6 is 0 Å². The normalized spacial score (nSPS) is 10.3. The van der Waals surface area contributed by atoms with Gasteiger partial charge >= 0.3 is 17.9 Å². The zero-order valence-electron chi connectivity index (χ0n) is 13.0. The van der Waals surface area contributed by atoms with Crippen molar-refractivity contribution >= 4 is 23.7 Å². The summed E-state index contributed by atoms with van der Waals surface area (Å²) in [6.07, 6.45) is 0.165. The standard InChI is InChI=1S/C16H14N2O7/c1-2-9(19)25-8-5-3-7(4-6-8)10-11(15(21)22)13(17)18-14(20)12(10)16(23)24/h3-6H,2H2,1H3,(H,21,22)(H,23,24)(H3,17,18,20). The number of nitrogens with two attached hydrogens (primary N) is 1. The maximum atomic E-state index is 11.9. The molecule has 0 aliphatic carbocycles. The Bertz CT molecular complexity index is 913. The number of aromatic amines is 1. The third kappa shape index (κ3) is 3.50. The highest BCUT2D eigenvalue weighted by molar-refractivity contribution is 6.07. The molecule has 0 atom stereocenters. The number of nitrogens with one attached hydrogen (secondary N) is 1. The predicted octanol–water partition coefficient (Wildman–Crippen LogP) is 1.34. The van der Waals surface area contributed by atoms with Crippen molar-refractivity contribution in [3.05, 3.63) is 45.7 Å². The van der Waals surface area contributed by atoms with E-state index < -0.39 is 40.4 Å². The fraction of sp³-hybridized carbons (Fsp3) is 0.125. The Balaban J connectivity index is 2.68. The summed E-state index contributed by atoms with van der Waals surface area (Å²) in [5, 5.41) is 18.6. The van der Waals surface area contributed by atoms with Crippen molar-refractivity contribution in [2.24, 2.45) is 0 Å². The van der Waals surface area contributed by atoms with Gasteiger partial charge in [0.15, 0.2) is 0 Å². The van der Waals surface area contributed by atoms with Gasteiger partial charge in [0, 0.05) is 12.0 Å². The van der Waals surface area contributed by atoms with Crippen LogP contribution in [0.25, 0.3) is 11.1 Å². The molecule has 0 saturated heterocycles. The maximum Gasteiger partial charge on any atom is 0.342 e. The minimum absolute atomic E-state index is 0.129. The first kappa shape index (κ1) is 17.7. The van der Waals surface area contributed by atoms with Gasteiger partial charge in [0.25, 0.3) is 5.56 Å². The van der Waals surface area contributed by atoms with E-state index in [1.54, 1.807) is 6.92 Å². The first-order chi connectivity index (χ1) is 11.8. The molecular formula is C16H14N2O7. The number of esters is 1. The van der Waals surface area contributed by atoms with Gasteiger partial charge in [0.1, 0.15) is 22.7 Å². The highest BCUT2D eigenvalue weighted by Gasteiger charge is 2.26. The zero-order chi connectivity index (χ0) is 18.7. The molecule has 0 bridgehead atoms. The van der Waals surface area contributed by atoms with Crippen molar-refractivity contribution in [3.8, 4) is 16.9 Å². The number of H-pyrrole nitrogens is 1. The first-order valence-electron chi connectivity index (χ1n) is 7.09. The minimum atomic E-state index is -1.60. The van der Waals surface area contributed by atoms with Crippen LogP contribution in [0.1, 0.15) is 34.1 Å². The molecule has 0 aliphatic rings. The molecule has 0 spiro atoms. The number of ether oxygens (including phenoxy) is 1. The molecule has 2 aromatic rings. The summed E-state index contributed by atoms with van der Waals surface area (Å²) in [5.74, 6) is -3.82. The molecule has 1 aromatic carbocycles. The summed E-state index contributed by atoms with van der Waals surface area (Å²) in [6, 6.07) is 5.39. The number of benzene rings is 1. The smallest absolute Gasteiger partial charge is 0.342 e. The molecule has 1 aromatic heterocycles. The van der Waals surface area contributed by atoms with Gasteiger partial charge < -0.3 is 25.7 Å². The van der Waals surface area contributed by atoms with Crippen molar-refractivity contribution in [1.29, 1.82) is 0 Å². The lowest BCUT2D eigenvalue weighted by Gasteiger charge is -2.12. The monoisotopic (exact) mass is 346 g/mol. The fourth-order valence-electron chi connectivity index (χ4n) is 2.23. The summed E-state index contributed by atoms with van der Waals surface area (Å²) in [5.41, 5.74) is 3.05. The number of hydrogen-bond acceptors (Lipinski definition) is 6. The number of hydrogen-bond donors (Lipinski definition) is 4. The molecule has 130 valence electrons. The van der Waals surface area contributed by atoms with Crippen molar-refractivity contribution < 1.29 is 29.3 Å². The van der Waals surface area contributed by atoms with Gasteiger partial charge in [-0.15, -0.1) is 0 Å². The van der Waals surface area contributed by atoms with E-state index in [1.165, 1.54) is 24.3 Å². The summed E-state index contributed by atoms with van der Waals surface area (Å²) in [6.45, 7) is 1.62. The van der Waals surface area contributed by atoms with Crippen LogP contribution in [0.4, 0.5) is 5.82 Å². The quantitative estimate of drug-likeness (QED) is 0.466. The number of aromatic nitrogens is 1. The number of nitrogen functional groups attached to an aromatic ring is 1. The van der Waals surface area contributed by atoms with Gasteiger partial charge in [-0.3, -0.25) is 9.59 Å². The van der Waals surface area contributed by atoms with Gasteiger partial charge in [-0.1, -0.05) is 19.1 Å². The second-order valence-electron chi connectivity index (χ2n) is 4.96. The predicted molar refractivity (Wildman–Crippen MR) is 86.8 cm³/mol. The van der Waals surface area contributed by atoms with E-state index in [0.717, 1.165) is 0 Å². The Morgan fingerprint density at radius 3 is 2.12 bits per heavy atom. The molecule has 5 N–H and O–H groups in total. The average Bonchev–Trinajstić information content (AvgIpc) is 2.53. The molecule has 2 rings (SSSR count). The Morgan fingerprint density at radius 1 is 1.08 bits per heavy atom. The lowest BCUT2D eigenvalue weighted by molar-refractivity contribution is -0.134. The van der Waals surface area contributed by atoms with Crippen molar-refractivity contribution in [2.75, 3.05) is 5.73 Å². The molecule has 0 radical (unpaired) electrons. The molecule has 0 saturated carbocycles. The van der Waals surface area contributed by atoms with Crippen LogP contribution in [-0.2, 0) is 4.79 Å². The van der Waals surface area contributed by atoms with E-state index in [0.29, 0.717) is 0 Å². The number of carbonyl (C=O) groups is 3. The summed E-state index contributed by atoms with van der Waals surface area (Å²) in [7, 11) is 0. The minimum Gasteiger partial charge on any atom is -0.478 e. The van der Waals surface area contributed by atoms with Crippen LogP contribution in [0.5, 0.6) is 5.75 Å². The van der Waals surface area contributed by atoms with E-state index in [2.05, 4.69) is 0 Å². The number of pyridine rings is 1. The summed E-state index contributed by atoms with van der Waals surface area (Å²) >= 11 is 0. The second kappa shape index (κ2) is 6.87. The van der Waals surface area contributed by atoms with Crippen molar-refractivity contribution in [1.82, 2.24) is 4.98 Å². The molecule has 0 fully saturated rings. The Labute approximate surface area is 140 Å². The van der Waals surface area contributed by atoms with E-state index in [9.17, 15) is 29.4 Å². The Hall–Kier alpha value is -3.62. The number of carboxylic acid groups (broad SMARTS) is 2. The molecule has 9 nitrogen and oxygen atoms in total. The van der Waals surface area contributed by atoms with E-state index in [4.69, 9.17) is 10.5 Å². The molecule has 0 unspecified atom stereocenters. The third-order valence-electron chi connectivity index (χ3n) is 3.34. The lowest BCUT2D eigenvalue weighted by atomic mass is 9.95. The molecule has 1 heterocycles. The van der Waals surface area contributed by atoms with Gasteiger partial charge in [0.2, 0.25) is 0 Å². The van der Waals surface area contributed by atoms with Crippen LogP contribution in [0.3, 0.4) is 0 Å². The summed E-state index contributed by atoms with van der Waals surface area (Å²) < 4.78 is 4.99. The number of anilines is 1. The first-order valence-corrected chi connectivity index (χ1v) is 7.09.